The zero-order chi connectivity index (χ0) is 125. The summed E-state index contributed by atoms with van der Waals surface area (Å²) in [6, 6.07) is -23.3. The zero-order valence-electron chi connectivity index (χ0n) is 117. The number of hydrogen-bond acceptors (Lipinski definition) is 18. The first-order valence-corrected chi connectivity index (χ1v) is 26.6. The van der Waals surface area contributed by atoms with Crippen molar-refractivity contribution in [2.45, 2.75) is 194 Å². The largest absolute Gasteiger partial charge is 0.493 e. The fraction of sp³-hybridized carbons (Fsp3) is 0.708. The van der Waals surface area contributed by atoms with Gasteiger partial charge in [-0.15, -0.1) is 0 Å². The number of rotatable bonds is 21. The third-order valence-electron chi connectivity index (χ3n) is 14.0. The van der Waals surface area contributed by atoms with Crippen molar-refractivity contribution in [1.82, 2.24) is 14.7 Å². The molecule has 0 bridgehead atoms. The standard InChI is InChI=1S/3C24H38N2O4/c3*1-14(2)9-17-13-26-8-7-16-10-21(28-5)22(29-6)11-18(16)19(26)12-20(17)30-24(27)23(25)15(3)4/h3*10-11,14-15,17,19-20,23H,7-9,12-13,25H2,1-6H3/t3*17?,19?,20?,23-/m000/s1/i1D3,3D3,4D3,5D3,7D2,8D2,9D2,10D,11D,14D,15D,20D,23D;1D3,3D3,4D3,7D2,8D2,9D2,10D,11D,14D,15D,20D,23D;1D3,3D3,4D3,5D3,7D2,8D2,9D2,10D,11D,14D,15D,23D/t3*14?,17?,19?,20?,23-. The second-order valence-corrected chi connectivity index (χ2v) is 20.0. The van der Waals surface area contributed by atoms with Gasteiger partial charge in [0.2, 0.25) is 0 Å². The molecule has 6 heterocycles. The Morgan fingerprint density at radius 1 is 0.500 bits per heavy atom. The van der Waals surface area contributed by atoms with E-state index in [1.54, 1.807) is 0 Å². The Labute approximate surface area is 635 Å². The summed E-state index contributed by atoms with van der Waals surface area (Å²) in [5.41, 5.74) is 12.5. The number of carbonyl (C=O) groups is 3. The number of esters is 3. The molecule has 6 aliphatic rings. The van der Waals surface area contributed by atoms with E-state index in [2.05, 4.69) is 0 Å². The van der Waals surface area contributed by atoms with Crippen LogP contribution in [0.2, 0.25) is 0 Å². The van der Waals surface area contributed by atoms with E-state index in [-0.39, 0.29) is 0 Å². The van der Waals surface area contributed by atoms with Crippen molar-refractivity contribution in [3.05, 3.63) is 69.6 Å². The van der Waals surface area contributed by atoms with E-state index in [0.717, 1.165) is 28.4 Å². The van der Waals surface area contributed by atoms with E-state index >= 15 is 0 Å². The summed E-state index contributed by atoms with van der Waals surface area (Å²) in [6.07, 6.45) is -33.2. The zero-order valence-corrected chi connectivity index (χ0v) is 49.3. The van der Waals surface area contributed by atoms with E-state index in [4.69, 9.17) is 150 Å². The lowest BCUT2D eigenvalue weighted by molar-refractivity contribution is -0.161. The molecule has 9 rings (SSSR count). The van der Waals surface area contributed by atoms with Gasteiger partial charge >= 0.3 is 17.9 Å². The Morgan fingerprint density at radius 3 is 1.14 bits per heavy atom. The molecule has 90 heavy (non-hydrogen) atoms. The van der Waals surface area contributed by atoms with Gasteiger partial charge in [0, 0.05) is 164 Å². The van der Waals surface area contributed by atoms with Crippen LogP contribution in [-0.2, 0) is 47.7 Å². The van der Waals surface area contributed by atoms with Gasteiger partial charge in [-0.2, -0.15) is 0 Å². The number of nitrogens with zero attached hydrogens (tertiary/aromatic N) is 3. The van der Waals surface area contributed by atoms with Crippen LogP contribution in [0.4, 0.5) is 0 Å². The first kappa shape index (κ1) is 23.5. The lowest BCUT2D eigenvalue weighted by Crippen LogP contribution is -2.51. The topological polar surface area (TPSA) is 222 Å². The average molecular weight is 1320 g/mol. The highest BCUT2D eigenvalue weighted by Gasteiger charge is 2.45. The van der Waals surface area contributed by atoms with Crippen molar-refractivity contribution in [2.75, 3.05) is 81.6 Å². The third-order valence-corrected chi connectivity index (χ3v) is 14.0. The van der Waals surface area contributed by atoms with E-state index in [1.165, 1.54) is 0 Å². The van der Waals surface area contributed by atoms with Crippen LogP contribution in [0.5, 0.6) is 34.5 Å². The summed E-state index contributed by atoms with van der Waals surface area (Å²) in [7, 11) is -2.62. The summed E-state index contributed by atoms with van der Waals surface area (Å²) in [5, 5.41) is 0. The molecule has 0 radical (unpaired) electrons. The van der Waals surface area contributed by atoms with Gasteiger partial charge in [-0.1, -0.05) is 82.4 Å². The molecule has 3 aromatic carbocycles. The molecule has 0 aromatic heterocycles. The fourth-order valence-electron chi connectivity index (χ4n) is 9.85. The van der Waals surface area contributed by atoms with Gasteiger partial charge in [0.05, 0.1) is 65.8 Å². The highest BCUT2D eigenvalue weighted by molar-refractivity contribution is 5.77. The molecule has 12 unspecified atom stereocenters. The summed E-state index contributed by atoms with van der Waals surface area (Å²) in [4.78, 5) is 42.9. The normalized spacial score (nSPS) is 46.4. The monoisotopic (exact) mass is 1320 g/mol. The molecule has 6 N–H and O–H groups in total. The molecule has 18 heteroatoms. The number of methoxy groups -OCH3 is 6. The van der Waals surface area contributed by atoms with Gasteiger partial charge in [-0.05, 0) is 143 Å². The maximum Gasteiger partial charge on any atom is 0.323 e. The first-order valence-electron chi connectivity index (χ1n) is 60.6. The molecule has 18 nitrogen and oxygen atoms in total. The molecule has 3 saturated heterocycles. The minimum Gasteiger partial charge on any atom is -0.493 e. The number of nitrogens with two attached hydrogens (primary N) is 3. The Kier molecular flexibility index (Phi) is 8.48. The Morgan fingerprint density at radius 2 is 0.811 bits per heavy atom. The molecular weight excluding hydrogens is 1140 g/mol. The highest BCUT2D eigenvalue weighted by Crippen LogP contribution is 2.48. The van der Waals surface area contributed by atoms with Crippen LogP contribution < -0.4 is 45.6 Å². The molecule has 3 fully saturated rings. The molecule has 0 amide bonds. The number of hydrogen-bond donors (Lipinski definition) is 3. The van der Waals surface area contributed by atoms with E-state index in [1.807, 2.05) is 0 Å². The quantitative estimate of drug-likeness (QED) is 0.0666. The summed E-state index contributed by atoms with van der Waals surface area (Å²) < 4.78 is 608. The number of carbonyl (C=O) groups excluding carboxylic acids is 3. The van der Waals surface area contributed by atoms with Crippen molar-refractivity contribution in [3.63, 3.8) is 0 Å². The molecule has 6 aliphatic heterocycles. The van der Waals surface area contributed by atoms with Crippen molar-refractivity contribution in [1.29, 1.82) is 0 Å². The van der Waals surface area contributed by atoms with E-state index in [9.17, 15) is 17.1 Å². The Balaban J connectivity index is 0.000000319. The van der Waals surface area contributed by atoms with Crippen molar-refractivity contribution < 1.29 is 150 Å². The maximum absolute atomic E-state index is 13.8. The van der Waals surface area contributed by atoms with Crippen LogP contribution in [0, 0.1) is 53.1 Å². The lowest BCUT2D eigenvalue weighted by atomic mass is 9.79. The van der Waals surface area contributed by atoms with Gasteiger partial charge in [0.1, 0.15) is 36.3 Å². The van der Waals surface area contributed by atoms with Crippen LogP contribution >= 0.6 is 0 Å². The number of fused-ring (bicyclic) bond motifs is 9. The van der Waals surface area contributed by atoms with Gasteiger partial charge in [-0.3, -0.25) is 29.1 Å². The molecular formula is C72H114N6O12. The number of piperidine rings is 3. The number of ether oxygens (including phenoxy) is 9. The van der Waals surface area contributed by atoms with Crippen LogP contribution in [0.15, 0.2) is 36.3 Å². The highest BCUT2D eigenvalue weighted by atomic mass is 16.6. The van der Waals surface area contributed by atoms with Gasteiger partial charge in [-0.25, -0.2) is 0 Å². The molecule has 0 spiro atoms. The van der Waals surface area contributed by atoms with Crippen LogP contribution in [0.3, 0.4) is 0 Å². The third kappa shape index (κ3) is 17.5. The SMILES string of the molecule is [2H]c1c(OC)c(OC([2H])([2H])[2H])c([2H])c2c1C1CC(OC(=O)[C@@]([2H])(N)C([2H])(C([2H])([2H])[2H])C([2H])([2H])[2H])C(C([2H])([2H])C([2H])(C)C([2H])([2H])[2H])CN1C([2H])([2H])C2([2H])[2H].[2H]c1c(OC)c(OC([2H])([2H])[2H])c([2H])c2c1C1CC([2H])(OC(=O)[C@@]([2H])(N)C([2H])(C([2H])([2H])[2H])C([2H])([2H])[2H])C(C([2H])([2H])C([2H])(C)C([2H])([2H])[2H])CN1C([2H])([2H])C2([2H])[2H].[2H]c1c(OC)c(OC)c([2H])c2c1C1CC([2H])(OC(=O)[C@@]([2H])(N)C([2H])(C([2H])([2H])[2H])C([2H])([2H])[2H])C(C([2H])([2H])C([2H])(C)C([2H])([2H])[2H])CN1C([2H])([2H])C2([2H])[2H]. The fourth-order valence-corrected chi connectivity index (χ4v) is 9.85. The van der Waals surface area contributed by atoms with Crippen molar-refractivity contribution in [3.8, 4) is 34.5 Å². The summed E-state index contributed by atoms with van der Waals surface area (Å²) in [5.74, 6) is -40.8. The van der Waals surface area contributed by atoms with Gasteiger partial charge in [0.15, 0.2) is 34.5 Å². The second kappa shape index (κ2) is 32.5. The molecule has 15 atom stereocenters. The molecule has 504 valence electrons. The minimum atomic E-state index is -4.20. The Hall–Kier alpha value is -5.37. The molecule has 0 aliphatic carbocycles. The first-order chi connectivity index (χ1) is 69.2. The second-order valence-electron chi connectivity index (χ2n) is 20.0. The summed E-state index contributed by atoms with van der Waals surface area (Å²) >= 11 is 0. The van der Waals surface area contributed by atoms with Crippen molar-refractivity contribution >= 4 is 17.9 Å². The predicted molar refractivity (Wildman–Crippen MR) is 353 cm³/mol. The summed E-state index contributed by atoms with van der Waals surface area (Å²) in [6.45, 7) is -46.5. The predicted octanol–water partition coefficient (Wildman–Crippen LogP) is 10.7. The minimum absolute atomic E-state index is 0.452. The van der Waals surface area contributed by atoms with Crippen LogP contribution in [-0.4, -0.2) is 151 Å². The average Bonchev–Trinajstić information content (AvgIpc) is 0.681. The van der Waals surface area contributed by atoms with E-state index in [0.29, 0.717) is 35.5 Å². The maximum atomic E-state index is 13.8. The van der Waals surface area contributed by atoms with Crippen LogP contribution in [0.1, 0.15) is 266 Å². The Bertz CT molecular complexity index is 5860. The van der Waals surface area contributed by atoms with Crippen molar-refractivity contribution in [2.24, 2.45) is 70.3 Å². The lowest BCUT2D eigenvalue weighted by Gasteiger charge is -2.47. The van der Waals surface area contributed by atoms with Crippen LogP contribution in [0.25, 0.3) is 0 Å². The number of benzene rings is 3. The van der Waals surface area contributed by atoms with Gasteiger partial charge < -0.3 is 59.8 Å². The molecule has 3 aromatic rings. The molecule has 0 saturated carbocycles. The van der Waals surface area contributed by atoms with Gasteiger partial charge in [0.25, 0.3) is 0 Å². The van der Waals surface area contributed by atoms with E-state index < -0.39 is 402 Å². The smallest absolute Gasteiger partial charge is 0.323 e.